The first-order valence-electron chi connectivity index (χ1n) is 13.9. The van der Waals surface area contributed by atoms with Gasteiger partial charge in [-0.15, -0.1) is 0 Å². The first-order chi connectivity index (χ1) is 21.0. The summed E-state index contributed by atoms with van der Waals surface area (Å²) in [6, 6.07) is 0. The van der Waals surface area contributed by atoms with Gasteiger partial charge in [0.1, 0.15) is 38.6 Å². The number of rotatable bonds is 18. The number of nitrogens with zero attached hydrogens (tertiary/aromatic N) is 6. The molecule has 0 aromatic carbocycles. The molecule has 2 aromatic heterocycles. The Morgan fingerprint density at radius 1 is 0.535 bits per heavy atom. The van der Waals surface area contributed by atoms with Crippen LogP contribution in [0.2, 0.25) is 0 Å². The summed E-state index contributed by atoms with van der Waals surface area (Å²) in [4.78, 5) is 26.4. The molecular weight excluding hydrogens is 568 g/mol. The molecule has 4 rings (SSSR count). The van der Waals surface area contributed by atoms with Crippen LogP contribution in [0.3, 0.4) is 0 Å². The third-order valence-electron chi connectivity index (χ3n) is 6.37. The zero-order chi connectivity index (χ0) is 30.3. The van der Waals surface area contributed by atoms with Gasteiger partial charge in [-0.25, -0.2) is 0 Å². The topological polar surface area (TPSA) is 199 Å². The number of methoxy groups -OCH3 is 4. The Bertz CT molecular complexity index is 962. The van der Waals surface area contributed by atoms with Crippen LogP contribution < -0.4 is 21.3 Å². The van der Waals surface area contributed by atoms with Gasteiger partial charge >= 0.3 is 0 Å². The molecule has 2 aromatic rings. The van der Waals surface area contributed by atoms with Crippen molar-refractivity contribution in [2.24, 2.45) is 5.41 Å². The van der Waals surface area contributed by atoms with Gasteiger partial charge in [-0.1, -0.05) is 0 Å². The smallest absolute Gasteiger partial charge is 0.229 e. The maximum atomic E-state index is 6.05. The van der Waals surface area contributed by atoms with E-state index in [0.29, 0.717) is 87.6 Å². The lowest BCUT2D eigenvalue weighted by Gasteiger charge is -2.43. The molecular formula is C25H42N10O8. The van der Waals surface area contributed by atoms with E-state index < -0.39 is 12.6 Å². The van der Waals surface area contributed by atoms with Gasteiger partial charge in [-0.2, -0.15) is 29.9 Å². The van der Waals surface area contributed by atoms with E-state index in [1.54, 1.807) is 28.4 Å². The van der Waals surface area contributed by atoms with Crippen LogP contribution in [0.25, 0.3) is 0 Å². The van der Waals surface area contributed by atoms with Gasteiger partial charge < -0.3 is 59.2 Å². The molecule has 0 unspecified atom stereocenters. The zero-order valence-corrected chi connectivity index (χ0v) is 25.1. The van der Waals surface area contributed by atoms with Crippen LogP contribution in [-0.4, -0.2) is 124 Å². The number of anilines is 4. The van der Waals surface area contributed by atoms with Gasteiger partial charge in [0.15, 0.2) is 12.6 Å². The molecule has 0 bridgehead atoms. The molecule has 2 fully saturated rings. The summed E-state index contributed by atoms with van der Waals surface area (Å²) >= 11 is 0. The molecule has 240 valence electrons. The van der Waals surface area contributed by atoms with Crippen molar-refractivity contribution < 1.29 is 37.9 Å². The standard InChI is InChI=1S/C25H42N10O8/c1-36-13-26-21-30-17(31-22(34-21)27-14-37-2)5-7-19-40-9-25(10-41-19)11-42-20(43-12-25)8-6-18-32-23(28-15-38-3)35-24(33-18)29-16-39-4/h19-20H,5-16H2,1-4H3,(H2,26,27,30,31,34)(H2,28,29,32,33,35). The quantitative estimate of drug-likeness (QED) is 0.169. The van der Waals surface area contributed by atoms with Crippen LogP contribution in [0.15, 0.2) is 0 Å². The third-order valence-corrected chi connectivity index (χ3v) is 6.37. The van der Waals surface area contributed by atoms with E-state index in [9.17, 15) is 0 Å². The Morgan fingerprint density at radius 3 is 1.12 bits per heavy atom. The molecule has 0 aliphatic carbocycles. The average molecular weight is 611 g/mol. The van der Waals surface area contributed by atoms with Crippen molar-refractivity contribution in [3.05, 3.63) is 11.6 Å². The van der Waals surface area contributed by atoms with Gasteiger partial charge in [0.05, 0.1) is 31.8 Å². The number of aromatic nitrogens is 6. The first kappa shape index (κ1) is 32.8. The second-order valence-electron chi connectivity index (χ2n) is 9.92. The lowest BCUT2D eigenvalue weighted by Crippen LogP contribution is -2.52. The van der Waals surface area contributed by atoms with Crippen LogP contribution in [0, 0.1) is 5.41 Å². The van der Waals surface area contributed by atoms with E-state index in [1.807, 2.05) is 0 Å². The minimum atomic E-state index is -0.392. The minimum absolute atomic E-state index is 0.271. The summed E-state index contributed by atoms with van der Waals surface area (Å²) in [5, 5.41) is 12.0. The molecule has 2 saturated heterocycles. The van der Waals surface area contributed by atoms with E-state index >= 15 is 0 Å². The molecule has 0 atom stereocenters. The summed E-state index contributed by atoms with van der Waals surface area (Å²) in [6.07, 6.45) is 1.42. The predicted octanol–water partition coefficient (Wildman–Crippen LogP) is 0.417. The lowest BCUT2D eigenvalue weighted by atomic mass is 9.90. The summed E-state index contributed by atoms with van der Waals surface area (Å²) in [5.74, 6) is 2.80. The highest BCUT2D eigenvalue weighted by molar-refractivity contribution is 5.34. The van der Waals surface area contributed by atoms with E-state index in [4.69, 9.17) is 37.9 Å². The number of ether oxygens (including phenoxy) is 8. The number of aryl methyl sites for hydroxylation is 2. The maximum Gasteiger partial charge on any atom is 0.229 e. The van der Waals surface area contributed by atoms with Crippen LogP contribution in [0.4, 0.5) is 23.8 Å². The molecule has 2 aliphatic heterocycles. The summed E-state index contributed by atoms with van der Waals surface area (Å²) in [6.45, 7) is 2.92. The van der Waals surface area contributed by atoms with Crippen molar-refractivity contribution in [1.82, 2.24) is 29.9 Å². The van der Waals surface area contributed by atoms with Crippen LogP contribution >= 0.6 is 0 Å². The van der Waals surface area contributed by atoms with Crippen LogP contribution in [0.1, 0.15) is 24.5 Å². The lowest BCUT2D eigenvalue weighted by molar-refractivity contribution is -0.303. The van der Waals surface area contributed by atoms with E-state index in [1.165, 1.54) is 0 Å². The average Bonchev–Trinajstić information content (AvgIpc) is 3.04. The van der Waals surface area contributed by atoms with Crippen molar-refractivity contribution in [2.75, 3.05) is 103 Å². The summed E-state index contributed by atoms with van der Waals surface area (Å²) < 4.78 is 44.4. The van der Waals surface area contributed by atoms with Gasteiger partial charge in [0.2, 0.25) is 23.8 Å². The highest BCUT2D eigenvalue weighted by atomic mass is 16.7. The molecule has 0 saturated carbocycles. The first-order valence-corrected chi connectivity index (χ1v) is 13.9. The van der Waals surface area contributed by atoms with Crippen molar-refractivity contribution in [3.63, 3.8) is 0 Å². The van der Waals surface area contributed by atoms with E-state index in [-0.39, 0.29) is 32.3 Å². The third kappa shape index (κ3) is 10.5. The fourth-order valence-electron chi connectivity index (χ4n) is 4.18. The molecule has 18 heteroatoms. The molecule has 1 spiro atoms. The molecule has 18 nitrogen and oxygen atoms in total. The Balaban J connectivity index is 1.21. The molecule has 2 aliphatic rings. The maximum absolute atomic E-state index is 6.05. The molecule has 0 radical (unpaired) electrons. The summed E-state index contributed by atoms with van der Waals surface area (Å²) in [5.41, 5.74) is -0.365. The minimum Gasteiger partial charge on any atom is -0.364 e. The van der Waals surface area contributed by atoms with Crippen molar-refractivity contribution in [1.29, 1.82) is 0 Å². The van der Waals surface area contributed by atoms with Crippen molar-refractivity contribution >= 4 is 23.8 Å². The van der Waals surface area contributed by atoms with Gasteiger partial charge in [0, 0.05) is 54.1 Å². The largest absolute Gasteiger partial charge is 0.364 e. The highest BCUT2D eigenvalue weighted by Crippen LogP contribution is 2.32. The van der Waals surface area contributed by atoms with E-state index in [0.717, 1.165) is 0 Å². The fraction of sp³-hybridized carbons (Fsp3) is 0.760. The SMILES string of the molecule is COCNc1nc(CCC2OCC3(CO2)COC(CCc2nc(NCOC)nc(NCOC)n2)OC3)nc(NCOC)n1. The van der Waals surface area contributed by atoms with Gasteiger partial charge in [0.25, 0.3) is 0 Å². The Kier molecular flexibility index (Phi) is 13.2. The predicted molar refractivity (Wildman–Crippen MR) is 152 cm³/mol. The number of hydrogen-bond donors (Lipinski definition) is 4. The van der Waals surface area contributed by atoms with Crippen LogP contribution in [0.5, 0.6) is 0 Å². The van der Waals surface area contributed by atoms with Crippen molar-refractivity contribution in [3.8, 4) is 0 Å². The van der Waals surface area contributed by atoms with Crippen molar-refractivity contribution in [2.45, 2.75) is 38.3 Å². The van der Waals surface area contributed by atoms with Gasteiger partial charge in [-0.3, -0.25) is 0 Å². The number of nitrogens with one attached hydrogen (secondary N) is 4. The normalized spacial score (nSPS) is 22.0. The molecule has 43 heavy (non-hydrogen) atoms. The van der Waals surface area contributed by atoms with Gasteiger partial charge in [-0.05, 0) is 0 Å². The Morgan fingerprint density at radius 2 is 0.837 bits per heavy atom. The molecule has 4 heterocycles. The second-order valence-corrected chi connectivity index (χ2v) is 9.92. The highest BCUT2D eigenvalue weighted by Gasteiger charge is 2.42. The molecule has 4 N–H and O–H groups in total. The number of hydrogen-bond acceptors (Lipinski definition) is 18. The Labute approximate surface area is 250 Å². The second kappa shape index (κ2) is 17.3. The van der Waals surface area contributed by atoms with Crippen LogP contribution in [-0.2, 0) is 50.7 Å². The Hall–Kier alpha value is -3.10. The monoisotopic (exact) mass is 610 g/mol. The molecule has 0 amide bonds. The fourth-order valence-corrected chi connectivity index (χ4v) is 4.18. The zero-order valence-electron chi connectivity index (χ0n) is 25.1. The summed E-state index contributed by atoms with van der Waals surface area (Å²) in [7, 11) is 6.33. The van der Waals surface area contributed by atoms with E-state index in [2.05, 4.69) is 51.2 Å².